The van der Waals surface area contributed by atoms with E-state index in [9.17, 15) is 0 Å². The van der Waals surface area contributed by atoms with E-state index in [-0.39, 0.29) is 0 Å². The number of likely N-dealkylation sites (tertiary alicyclic amines) is 1. The molecule has 3 heteroatoms. The molecule has 2 nitrogen and oxygen atoms in total. The fourth-order valence-corrected chi connectivity index (χ4v) is 3.32. The number of nitrogens with zero attached hydrogens (tertiary/aromatic N) is 1. The van der Waals surface area contributed by atoms with Crippen LogP contribution in [0.15, 0.2) is 48.7 Å². The monoisotopic (exact) mass is 284 g/mol. The van der Waals surface area contributed by atoms with Crippen LogP contribution in [0.2, 0.25) is 0 Å². The maximum absolute atomic E-state index is 5.47. The van der Waals surface area contributed by atoms with Crippen LogP contribution < -0.4 is 0 Å². The van der Waals surface area contributed by atoms with Crippen molar-refractivity contribution >= 4 is 12.2 Å². The minimum absolute atomic E-state index is 0.453. The van der Waals surface area contributed by atoms with Crippen molar-refractivity contribution in [1.29, 1.82) is 0 Å². The summed E-state index contributed by atoms with van der Waals surface area (Å²) in [5, 5.41) is 0. The highest BCUT2D eigenvalue weighted by atomic mass is 32.1. The van der Waals surface area contributed by atoms with Gasteiger partial charge in [0.05, 0.1) is 0 Å². The lowest BCUT2D eigenvalue weighted by molar-refractivity contribution is 0.140. The van der Waals surface area contributed by atoms with Crippen LogP contribution in [0, 0.1) is 4.64 Å². The molecule has 0 radical (unpaired) electrons. The first kappa shape index (κ1) is 13.5. The number of nitrogens with one attached hydrogen (secondary N) is 1. The average Bonchev–Trinajstić information content (AvgIpc) is 2.50. The summed E-state index contributed by atoms with van der Waals surface area (Å²) in [7, 11) is 0. The Hall–Kier alpha value is -1.45. The van der Waals surface area contributed by atoms with Gasteiger partial charge in [-0.1, -0.05) is 55.0 Å². The summed E-state index contributed by atoms with van der Waals surface area (Å²) >= 11 is 5.47. The van der Waals surface area contributed by atoms with E-state index in [4.69, 9.17) is 12.2 Å². The van der Waals surface area contributed by atoms with Gasteiger partial charge in [0.1, 0.15) is 4.64 Å². The molecule has 0 aliphatic carbocycles. The molecular formula is C17H20N2S. The highest BCUT2D eigenvalue weighted by Gasteiger charge is 2.24. The van der Waals surface area contributed by atoms with Gasteiger partial charge in [0, 0.05) is 24.3 Å². The van der Waals surface area contributed by atoms with Gasteiger partial charge in [-0.2, -0.15) is 0 Å². The van der Waals surface area contributed by atoms with Crippen LogP contribution in [0.5, 0.6) is 0 Å². The summed E-state index contributed by atoms with van der Waals surface area (Å²) in [4.78, 5) is 5.74. The van der Waals surface area contributed by atoms with Gasteiger partial charge >= 0.3 is 0 Å². The van der Waals surface area contributed by atoms with Crippen molar-refractivity contribution in [3.8, 4) is 0 Å². The van der Waals surface area contributed by atoms with E-state index in [1.807, 2.05) is 6.20 Å². The standard InChI is InChI=1S/C17H20N2S/c20-17-15(9-6-11-18-17)16-10-4-5-12-19(16)13-14-7-2-1-3-8-14/h1-3,6-9,11,16H,4-5,10,12-13H2,(H,18,20)/t16-/m0/s1. The molecule has 1 N–H and O–H groups in total. The quantitative estimate of drug-likeness (QED) is 0.839. The zero-order valence-electron chi connectivity index (χ0n) is 11.6. The van der Waals surface area contributed by atoms with Gasteiger partial charge in [-0.3, -0.25) is 4.90 Å². The van der Waals surface area contributed by atoms with Crippen LogP contribution in [0.1, 0.15) is 36.4 Å². The summed E-state index contributed by atoms with van der Waals surface area (Å²) in [6, 6.07) is 15.4. The fraction of sp³-hybridized carbons (Fsp3) is 0.353. The molecule has 0 spiro atoms. The number of aromatic amines is 1. The predicted molar refractivity (Wildman–Crippen MR) is 85.1 cm³/mol. The number of piperidine rings is 1. The molecule has 0 amide bonds. The third-order valence-corrected chi connectivity index (χ3v) is 4.40. The Morgan fingerprint density at radius 2 is 1.95 bits per heavy atom. The van der Waals surface area contributed by atoms with Crippen molar-refractivity contribution in [1.82, 2.24) is 9.88 Å². The topological polar surface area (TPSA) is 19.0 Å². The molecule has 3 rings (SSSR count). The molecule has 0 unspecified atom stereocenters. The molecule has 0 saturated carbocycles. The third kappa shape index (κ3) is 3.00. The van der Waals surface area contributed by atoms with Crippen LogP contribution >= 0.6 is 12.2 Å². The van der Waals surface area contributed by atoms with E-state index in [1.165, 1.54) is 30.4 Å². The smallest absolute Gasteiger partial charge is 0.108 e. The Bertz CT molecular complexity index is 606. The van der Waals surface area contributed by atoms with E-state index in [0.717, 1.165) is 17.7 Å². The average molecular weight is 284 g/mol. The zero-order chi connectivity index (χ0) is 13.8. The highest BCUT2D eigenvalue weighted by Crippen LogP contribution is 2.32. The van der Waals surface area contributed by atoms with Gasteiger partial charge in [0.15, 0.2) is 0 Å². The second-order valence-corrected chi connectivity index (χ2v) is 5.83. The lowest BCUT2D eigenvalue weighted by Gasteiger charge is -2.36. The molecule has 1 fully saturated rings. The van der Waals surface area contributed by atoms with Gasteiger partial charge in [-0.05, 0) is 31.0 Å². The lowest BCUT2D eigenvalue weighted by Crippen LogP contribution is -2.33. The summed E-state index contributed by atoms with van der Waals surface area (Å²) in [6.45, 7) is 2.17. The Morgan fingerprint density at radius 3 is 2.75 bits per heavy atom. The molecule has 1 aliphatic rings. The zero-order valence-corrected chi connectivity index (χ0v) is 12.4. The largest absolute Gasteiger partial charge is 0.353 e. The Kier molecular flexibility index (Phi) is 4.28. The van der Waals surface area contributed by atoms with E-state index in [0.29, 0.717) is 6.04 Å². The number of rotatable bonds is 3. The van der Waals surface area contributed by atoms with Crippen molar-refractivity contribution < 1.29 is 0 Å². The molecule has 1 saturated heterocycles. The molecule has 20 heavy (non-hydrogen) atoms. The third-order valence-electron chi connectivity index (χ3n) is 4.05. The molecular weight excluding hydrogens is 264 g/mol. The van der Waals surface area contributed by atoms with Crippen molar-refractivity contribution in [2.75, 3.05) is 6.54 Å². The normalized spacial score (nSPS) is 19.9. The molecule has 1 aromatic carbocycles. The van der Waals surface area contributed by atoms with Crippen molar-refractivity contribution in [3.05, 3.63) is 64.4 Å². The fourth-order valence-electron chi connectivity index (χ4n) is 3.05. The van der Waals surface area contributed by atoms with Gasteiger partial charge in [0.2, 0.25) is 0 Å². The predicted octanol–water partition coefficient (Wildman–Crippen LogP) is 4.47. The molecule has 2 heterocycles. The SMILES string of the molecule is S=c1[nH]cccc1[C@@H]1CCCCN1Cc1ccccc1. The molecule has 2 aromatic rings. The maximum atomic E-state index is 5.47. The number of pyridine rings is 1. The minimum Gasteiger partial charge on any atom is -0.353 e. The van der Waals surface area contributed by atoms with E-state index in [2.05, 4.69) is 52.3 Å². The number of benzene rings is 1. The first-order valence-corrected chi connectivity index (χ1v) is 7.71. The number of aromatic nitrogens is 1. The summed E-state index contributed by atoms with van der Waals surface area (Å²) in [5.41, 5.74) is 2.66. The Labute approximate surface area is 125 Å². The summed E-state index contributed by atoms with van der Waals surface area (Å²) in [5.74, 6) is 0. The Morgan fingerprint density at radius 1 is 1.10 bits per heavy atom. The van der Waals surface area contributed by atoms with Crippen molar-refractivity contribution in [2.24, 2.45) is 0 Å². The van der Waals surface area contributed by atoms with Crippen LogP contribution in [0.4, 0.5) is 0 Å². The second kappa shape index (κ2) is 6.33. The minimum atomic E-state index is 0.453. The molecule has 0 bridgehead atoms. The van der Waals surface area contributed by atoms with Crippen molar-refractivity contribution in [2.45, 2.75) is 31.8 Å². The molecule has 104 valence electrons. The van der Waals surface area contributed by atoms with E-state index in [1.54, 1.807) is 0 Å². The maximum Gasteiger partial charge on any atom is 0.108 e. The van der Waals surface area contributed by atoms with E-state index < -0.39 is 0 Å². The molecule has 1 aromatic heterocycles. The first-order chi connectivity index (χ1) is 9.84. The molecule has 1 atom stereocenters. The van der Waals surface area contributed by atoms with Gasteiger partial charge in [-0.15, -0.1) is 0 Å². The molecule has 1 aliphatic heterocycles. The van der Waals surface area contributed by atoms with Crippen LogP contribution in [0.3, 0.4) is 0 Å². The highest BCUT2D eigenvalue weighted by molar-refractivity contribution is 7.71. The van der Waals surface area contributed by atoms with Crippen molar-refractivity contribution in [3.63, 3.8) is 0 Å². The Balaban J connectivity index is 1.85. The van der Waals surface area contributed by atoms with Gasteiger partial charge in [0.25, 0.3) is 0 Å². The second-order valence-electron chi connectivity index (χ2n) is 5.42. The number of hydrogen-bond donors (Lipinski definition) is 1. The lowest BCUT2D eigenvalue weighted by atomic mass is 9.96. The number of H-pyrrole nitrogens is 1. The van der Waals surface area contributed by atoms with Gasteiger partial charge in [-0.25, -0.2) is 0 Å². The summed E-state index contributed by atoms with van der Waals surface area (Å²) < 4.78 is 0.887. The van der Waals surface area contributed by atoms with Crippen LogP contribution in [-0.2, 0) is 6.54 Å². The van der Waals surface area contributed by atoms with E-state index >= 15 is 0 Å². The van der Waals surface area contributed by atoms with Gasteiger partial charge < -0.3 is 4.98 Å². The number of hydrogen-bond acceptors (Lipinski definition) is 2. The summed E-state index contributed by atoms with van der Waals surface area (Å²) in [6.07, 6.45) is 5.69. The van der Waals surface area contributed by atoms with Crippen LogP contribution in [-0.4, -0.2) is 16.4 Å². The van der Waals surface area contributed by atoms with Crippen LogP contribution in [0.25, 0.3) is 0 Å². The first-order valence-electron chi connectivity index (χ1n) is 7.30.